The van der Waals surface area contributed by atoms with E-state index in [0.29, 0.717) is 12.3 Å². The molecule has 0 radical (unpaired) electrons. The lowest BCUT2D eigenvalue weighted by atomic mass is 9.93. The molecule has 2 aromatic rings. The number of carbonyl (C=O) groups excluding carboxylic acids is 1. The number of hydrogen-bond acceptors (Lipinski definition) is 4. The summed E-state index contributed by atoms with van der Waals surface area (Å²) in [4.78, 5) is 16.3. The first-order valence-electron chi connectivity index (χ1n) is 7.08. The number of Topliss-reactive ketones (excluding diaryl/α,β-unsaturated/α-hetero) is 1. The molecule has 1 heterocycles. The summed E-state index contributed by atoms with van der Waals surface area (Å²) in [5, 5.41) is 0. The predicted molar refractivity (Wildman–Crippen MR) is 81.2 cm³/mol. The van der Waals surface area contributed by atoms with Gasteiger partial charge in [0.1, 0.15) is 0 Å². The van der Waals surface area contributed by atoms with Gasteiger partial charge in [0.2, 0.25) is 5.88 Å². The van der Waals surface area contributed by atoms with Crippen LogP contribution in [0.15, 0.2) is 36.5 Å². The Kier molecular flexibility index (Phi) is 3.71. The standard InChI is InChI=1S/C17H18N2O2/c1-21-17-8-6-12(10-19-17)13-4-2-3-11-5-7-15(18)16(20)9-14(11)13/h2-4,6,8,10,15H,5,7,9,18H2,1H3. The normalized spacial score (nSPS) is 18.0. The Labute approximate surface area is 124 Å². The number of pyridine rings is 1. The van der Waals surface area contributed by atoms with Crippen molar-refractivity contribution >= 4 is 5.78 Å². The molecule has 0 amide bonds. The van der Waals surface area contributed by atoms with E-state index in [1.165, 1.54) is 5.56 Å². The Morgan fingerprint density at radius 3 is 2.86 bits per heavy atom. The van der Waals surface area contributed by atoms with E-state index in [9.17, 15) is 4.79 Å². The van der Waals surface area contributed by atoms with Crippen LogP contribution in [0.3, 0.4) is 0 Å². The lowest BCUT2D eigenvalue weighted by Gasteiger charge is -2.12. The minimum Gasteiger partial charge on any atom is -0.481 e. The van der Waals surface area contributed by atoms with Gasteiger partial charge < -0.3 is 10.5 Å². The zero-order valence-electron chi connectivity index (χ0n) is 12.0. The summed E-state index contributed by atoms with van der Waals surface area (Å²) in [6.07, 6.45) is 3.75. The number of hydrogen-bond donors (Lipinski definition) is 1. The smallest absolute Gasteiger partial charge is 0.212 e. The van der Waals surface area contributed by atoms with Gasteiger partial charge in [0.25, 0.3) is 0 Å². The van der Waals surface area contributed by atoms with E-state index in [1.807, 2.05) is 24.3 Å². The van der Waals surface area contributed by atoms with Gasteiger partial charge in [0.05, 0.1) is 13.2 Å². The summed E-state index contributed by atoms with van der Waals surface area (Å²) >= 11 is 0. The van der Waals surface area contributed by atoms with E-state index >= 15 is 0 Å². The lowest BCUT2D eigenvalue weighted by molar-refractivity contribution is -0.119. The van der Waals surface area contributed by atoms with Crippen molar-refractivity contribution < 1.29 is 9.53 Å². The predicted octanol–water partition coefficient (Wildman–Crippen LogP) is 2.14. The van der Waals surface area contributed by atoms with Gasteiger partial charge in [-0.25, -0.2) is 4.98 Å². The molecule has 1 aromatic carbocycles. The molecule has 4 nitrogen and oxygen atoms in total. The van der Waals surface area contributed by atoms with Crippen molar-refractivity contribution in [3.05, 3.63) is 47.7 Å². The molecular formula is C17H18N2O2. The number of methoxy groups -OCH3 is 1. The number of aryl methyl sites for hydroxylation is 1. The highest BCUT2D eigenvalue weighted by atomic mass is 16.5. The fourth-order valence-corrected chi connectivity index (χ4v) is 2.79. The molecule has 3 rings (SSSR count). The Hall–Kier alpha value is -2.20. The van der Waals surface area contributed by atoms with Crippen molar-refractivity contribution in [2.75, 3.05) is 7.11 Å². The highest BCUT2D eigenvalue weighted by Crippen LogP contribution is 2.30. The molecule has 1 aliphatic rings. The number of ketones is 1. The van der Waals surface area contributed by atoms with Gasteiger partial charge in [0.15, 0.2) is 5.78 Å². The molecule has 0 fully saturated rings. The number of nitrogens with two attached hydrogens (primary N) is 1. The Morgan fingerprint density at radius 2 is 2.14 bits per heavy atom. The number of rotatable bonds is 2. The van der Waals surface area contributed by atoms with Gasteiger partial charge in [-0.1, -0.05) is 18.2 Å². The topological polar surface area (TPSA) is 65.2 Å². The van der Waals surface area contributed by atoms with Gasteiger partial charge in [-0.05, 0) is 35.6 Å². The van der Waals surface area contributed by atoms with Crippen molar-refractivity contribution in [3.63, 3.8) is 0 Å². The molecule has 1 aliphatic carbocycles. The SMILES string of the molecule is COc1ccc(-c2cccc3c2CC(=O)C(N)CC3)cn1. The summed E-state index contributed by atoms with van der Waals surface area (Å²) < 4.78 is 5.09. The molecule has 1 aromatic heterocycles. The largest absolute Gasteiger partial charge is 0.481 e. The third kappa shape index (κ3) is 2.67. The summed E-state index contributed by atoms with van der Waals surface area (Å²) in [6.45, 7) is 0. The van der Waals surface area contributed by atoms with E-state index in [4.69, 9.17) is 10.5 Å². The fraction of sp³-hybridized carbons (Fsp3) is 0.294. The summed E-state index contributed by atoms with van der Waals surface area (Å²) in [5.74, 6) is 0.696. The molecule has 108 valence electrons. The first-order valence-corrected chi connectivity index (χ1v) is 7.08. The molecule has 21 heavy (non-hydrogen) atoms. The first kappa shape index (κ1) is 13.8. The van der Waals surface area contributed by atoms with Crippen LogP contribution in [-0.2, 0) is 17.6 Å². The summed E-state index contributed by atoms with van der Waals surface area (Å²) in [5.41, 5.74) is 10.3. The molecule has 0 bridgehead atoms. The Morgan fingerprint density at radius 1 is 1.29 bits per heavy atom. The average molecular weight is 282 g/mol. The summed E-state index contributed by atoms with van der Waals surface area (Å²) in [7, 11) is 1.59. The Bertz CT molecular complexity index is 665. The maximum Gasteiger partial charge on any atom is 0.212 e. The van der Waals surface area contributed by atoms with Gasteiger partial charge >= 0.3 is 0 Å². The van der Waals surface area contributed by atoms with Crippen LogP contribution >= 0.6 is 0 Å². The molecule has 0 spiro atoms. The van der Waals surface area contributed by atoms with Crippen LogP contribution in [-0.4, -0.2) is 23.9 Å². The third-order valence-electron chi connectivity index (χ3n) is 4.02. The molecule has 1 unspecified atom stereocenters. The van der Waals surface area contributed by atoms with Crippen LogP contribution in [0.4, 0.5) is 0 Å². The number of fused-ring (bicyclic) bond motifs is 1. The van der Waals surface area contributed by atoms with Crippen LogP contribution in [0.2, 0.25) is 0 Å². The minimum absolute atomic E-state index is 0.114. The van der Waals surface area contributed by atoms with Crippen molar-refractivity contribution in [2.45, 2.75) is 25.3 Å². The number of aromatic nitrogens is 1. The van der Waals surface area contributed by atoms with E-state index < -0.39 is 0 Å². The third-order valence-corrected chi connectivity index (χ3v) is 4.02. The van der Waals surface area contributed by atoms with Gasteiger partial charge in [-0.2, -0.15) is 0 Å². The number of ether oxygens (including phenoxy) is 1. The van der Waals surface area contributed by atoms with E-state index in [0.717, 1.165) is 29.5 Å². The minimum atomic E-state index is -0.348. The molecule has 1 atom stereocenters. The van der Waals surface area contributed by atoms with Crippen molar-refractivity contribution in [2.24, 2.45) is 5.73 Å². The molecule has 0 aliphatic heterocycles. The maximum absolute atomic E-state index is 12.1. The molecule has 0 saturated carbocycles. The Balaban J connectivity index is 2.05. The van der Waals surface area contributed by atoms with Gasteiger partial charge in [-0.15, -0.1) is 0 Å². The van der Waals surface area contributed by atoms with Gasteiger partial charge in [-0.3, -0.25) is 4.79 Å². The lowest BCUT2D eigenvalue weighted by Crippen LogP contribution is -2.30. The van der Waals surface area contributed by atoms with Gasteiger partial charge in [0, 0.05) is 24.2 Å². The second-order valence-corrected chi connectivity index (χ2v) is 5.32. The molecular weight excluding hydrogens is 264 g/mol. The number of carbonyl (C=O) groups is 1. The van der Waals surface area contributed by atoms with Crippen LogP contribution in [0.25, 0.3) is 11.1 Å². The van der Waals surface area contributed by atoms with Crippen LogP contribution < -0.4 is 10.5 Å². The maximum atomic E-state index is 12.1. The second kappa shape index (κ2) is 5.66. The number of benzene rings is 1. The first-order chi connectivity index (χ1) is 10.2. The highest BCUT2D eigenvalue weighted by Gasteiger charge is 2.22. The van der Waals surface area contributed by atoms with Crippen LogP contribution in [0.1, 0.15) is 17.5 Å². The van der Waals surface area contributed by atoms with E-state index in [-0.39, 0.29) is 11.8 Å². The molecule has 4 heteroatoms. The van der Waals surface area contributed by atoms with E-state index in [1.54, 1.807) is 13.3 Å². The van der Waals surface area contributed by atoms with Crippen LogP contribution in [0.5, 0.6) is 5.88 Å². The number of nitrogens with zero attached hydrogens (tertiary/aromatic N) is 1. The van der Waals surface area contributed by atoms with Crippen molar-refractivity contribution in [1.82, 2.24) is 4.98 Å². The van der Waals surface area contributed by atoms with Crippen molar-refractivity contribution in [3.8, 4) is 17.0 Å². The second-order valence-electron chi connectivity index (χ2n) is 5.32. The quantitative estimate of drug-likeness (QED) is 0.857. The summed E-state index contributed by atoms with van der Waals surface area (Å²) in [6, 6.07) is 9.60. The van der Waals surface area contributed by atoms with Crippen molar-refractivity contribution in [1.29, 1.82) is 0 Å². The zero-order chi connectivity index (χ0) is 14.8. The van der Waals surface area contributed by atoms with E-state index in [2.05, 4.69) is 11.1 Å². The zero-order valence-corrected chi connectivity index (χ0v) is 12.0. The van der Waals surface area contributed by atoms with Crippen LogP contribution in [0, 0.1) is 0 Å². The molecule has 2 N–H and O–H groups in total. The average Bonchev–Trinajstić information content (AvgIpc) is 2.67. The monoisotopic (exact) mass is 282 g/mol. The fourth-order valence-electron chi connectivity index (χ4n) is 2.79. The highest BCUT2D eigenvalue weighted by molar-refractivity contribution is 5.89. The molecule has 0 saturated heterocycles.